The molecule has 1 aromatic heterocycles. The molecule has 3 aliphatic heterocycles. The van der Waals surface area contributed by atoms with E-state index in [0.717, 1.165) is 67.9 Å². The van der Waals surface area contributed by atoms with Gasteiger partial charge in [0.05, 0.1) is 18.4 Å². The Kier molecular flexibility index (Phi) is 7.26. The second kappa shape index (κ2) is 10.4. The molecule has 0 aliphatic carbocycles. The van der Waals surface area contributed by atoms with Gasteiger partial charge in [-0.05, 0) is 65.3 Å². The molecule has 0 radical (unpaired) electrons. The maximum Gasteiger partial charge on any atom is 0.222 e. The fourth-order valence-electron chi connectivity index (χ4n) is 5.99. The van der Waals surface area contributed by atoms with Gasteiger partial charge in [-0.3, -0.25) is 9.89 Å². The van der Waals surface area contributed by atoms with Crippen molar-refractivity contribution in [1.29, 1.82) is 0 Å². The number of likely N-dealkylation sites (N-methyl/N-ethyl adjacent to an activating group) is 1. The number of benzene rings is 1. The van der Waals surface area contributed by atoms with E-state index in [2.05, 4.69) is 39.9 Å². The number of likely N-dealkylation sites (tertiary alicyclic amines) is 1. The van der Waals surface area contributed by atoms with E-state index < -0.39 is 0 Å². The number of carbonyl (C=O) groups is 1. The van der Waals surface area contributed by atoms with E-state index in [1.165, 1.54) is 0 Å². The van der Waals surface area contributed by atoms with Crippen LogP contribution < -0.4 is 9.47 Å². The third-order valence-corrected chi connectivity index (χ3v) is 8.04. The van der Waals surface area contributed by atoms with Gasteiger partial charge in [-0.15, -0.1) is 0 Å². The molecule has 4 heterocycles. The average Bonchev–Trinajstić information content (AvgIpc) is 3.36. The first-order chi connectivity index (χ1) is 17.3. The van der Waals surface area contributed by atoms with Gasteiger partial charge in [0, 0.05) is 49.7 Å². The molecule has 1 N–H and O–H groups in total. The molecule has 0 unspecified atom stereocenters. The van der Waals surface area contributed by atoms with Crippen LogP contribution >= 0.6 is 0 Å². The van der Waals surface area contributed by atoms with Crippen LogP contribution in [-0.2, 0) is 16.0 Å². The zero-order chi connectivity index (χ0) is 25.3. The zero-order valence-electron chi connectivity index (χ0n) is 22.0. The monoisotopic (exact) mass is 496 g/mol. The summed E-state index contributed by atoms with van der Waals surface area (Å²) in [6.45, 7) is 7.32. The van der Waals surface area contributed by atoms with E-state index in [1.54, 1.807) is 0 Å². The minimum atomic E-state index is -0.388. The minimum absolute atomic E-state index is 0.0142. The third-order valence-electron chi connectivity index (χ3n) is 8.04. The van der Waals surface area contributed by atoms with Gasteiger partial charge in [0.1, 0.15) is 12.2 Å². The minimum Gasteiger partial charge on any atom is -0.488 e. The maximum atomic E-state index is 13.0. The van der Waals surface area contributed by atoms with Crippen molar-refractivity contribution in [2.24, 2.45) is 11.8 Å². The summed E-state index contributed by atoms with van der Waals surface area (Å²) < 4.78 is 19.6. The number of nitrogens with one attached hydrogen (secondary N) is 1. The summed E-state index contributed by atoms with van der Waals surface area (Å²) in [6, 6.07) is 6.16. The number of amides is 1. The number of nitrogens with zero attached hydrogens (tertiary/aromatic N) is 3. The SMILES string of the molecule is CN(C)CCOc1cccc2c1OC(C)(C)[C@@H]1C[C@@H]3CN(C(=O)CCCc4cn[nH]c4)CC[C@H]3O[C@@H]21. The first kappa shape index (κ1) is 25.1. The molecule has 4 atom stereocenters. The van der Waals surface area contributed by atoms with Gasteiger partial charge in [0.25, 0.3) is 0 Å². The van der Waals surface area contributed by atoms with Crippen LogP contribution in [0.2, 0.25) is 0 Å². The Morgan fingerprint density at radius 1 is 1.33 bits per heavy atom. The number of aromatic nitrogens is 2. The fourth-order valence-corrected chi connectivity index (χ4v) is 5.99. The Hall–Kier alpha value is -2.58. The number of para-hydroxylation sites is 1. The second-order valence-electron chi connectivity index (χ2n) is 11.3. The van der Waals surface area contributed by atoms with Gasteiger partial charge in [-0.25, -0.2) is 0 Å². The molecule has 1 amide bonds. The molecular formula is C28H40N4O4. The zero-order valence-corrected chi connectivity index (χ0v) is 22.0. The summed E-state index contributed by atoms with van der Waals surface area (Å²) in [5, 5.41) is 6.82. The Bertz CT molecular complexity index is 1040. The van der Waals surface area contributed by atoms with Crippen molar-refractivity contribution in [2.75, 3.05) is 40.3 Å². The van der Waals surface area contributed by atoms with Crippen LogP contribution in [0.5, 0.6) is 11.5 Å². The van der Waals surface area contributed by atoms with Crippen molar-refractivity contribution in [3.05, 3.63) is 41.7 Å². The Morgan fingerprint density at radius 3 is 2.97 bits per heavy atom. The van der Waals surface area contributed by atoms with E-state index in [-0.39, 0.29) is 29.6 Å². The Labute approximate surface area is 214 Å². The van der Waals surface area contributed by atoms with Crippen LogP contribution in [0.4, 0.5) is 0 Å². The van der Waals surface area contributed by atoms with Gasteiger partial charge in [-0.1, -0.05) is 12.1 Å². The standard InChI is InChI=1S/C28H40N4O4/c1-28(2)22-15-20-18-32(25(33)10-5-7-19-16-29-30-17-19)12-11-23(20)35-26(22)21-8-6-9-24(27(21)36-28)34-14-13-31(3)4/h6,8-9,16-17,20,22-23,26H,5,7,10-15,18H2,1-4H3,(H,29,30)/t20-,22-,23-,26+/m1/s1. The van der Waals surface area contributed by atoms with E-state index in [9.17, 15) is 4.79 Å². The largest absolute Gasteiger partial charge is 0.488 e. The molecule has 196 valence electrons. The molecule has 2 aromatic rings. The number of ether oxygens (including phenoxy) is 3. The highest BCUT2D eigenvalue weighted by Crippen LogP contribution is 2.55. The number of hydrogen-bond donors (Lipinski definition) is 1. The van der Waals surface area contributed by atoms with E-state index >= 15 is 0 Å². The predicted molar refractivity (Wildman–Crippen MR) is 137 cm³/mol. The number of H-pyrrole nitrogens is 1. The molecule has 0 saturated carbocycles. The predicted octanol–water partition coefficient (Wildman–Crippen LogP) is 3.84. The lowest BCUT2D eigenvalue weighted by atomic mass is 9.70. The van der Waals surface area contributed by atoms with Gasteiger partial charge < -0.3 is 24.0 Å². The maximum absolute atomic E-state index is 13.0. The Balaban J connectivity index is 1.24. The second-order valence-corrected chi connectivity index (χ2v) is 11.3. The summed E-state index contributed by atoms with van der Waals surface area (Å²) in [4.78, 5) is 17.1. The van der Waals surface area contributed by atoms with E-state index in [0.29, 0.717) is 18.9 Å². The normalized spacial score (nSPS) is 26.5. The molecule has 2 fully saturated rings. The summed E-state index contributed by atoms with van der Waals surface area (Å²) >= 11 is 0. The number of fused-ring (bicyclic) bond motifs is 4. The lowest BCUT2D eigenvalue weighted by Crippen LogP contribution is -2.56. The first-order valence-electron chi connectivity index (χ1n) is 13.3. The molecule has 0 spiro atoms. The number of carbonyl (C=O) groups excluding carboxylic acids is 1. The summed E-state index contributed by atoms with van der Waals surface area (Å²) in [7, 11) is 4.08. The molecule has 0 bridgehead atoms. The van der Waals surface area contributed by atoms with Gasteiger partial charge in [0.15, 0.2) is 11.5 Å². The number of piperidine rings is 1. The van der Waals surface area contributed by atoms with Crippen LogP contribution in [0.3, 0.4) is 0 Å². The summed E-state index contributed by atoms with van der Waals surface area (Å²) in [5.41, 5.74) is 1.86. The van der Waals surface area contributed by atoms with Crippen molar-refractivity contribution in [3.63, 3.8) is 0 Å². The van der Waals surface area contributed by atoms with Crippen LogP contribution in [0, 0.1) is 11.8 Å². The van der Waals surface area contributed by atoms with Crippen molar-refractivity contribution in [1.82, 2.24) is 20.0 Å². The number of aromatic amines is 1. The quantitative estimate of drug-likeness (QED) is 0.598. The number of hydrogen-bond acceptors (Lipinski definition) is 6. The van der Waals surface area contributed by atoms with Crippen LogP contribution in [0.15, 0.2) is 30.6 Å². The van der Waals surface area contributed by atoms with Gasteiger partial charge >= 0.3 is 0 Å². The fraction of sp³-hybridized carbons (Fsp3) is 0.643. The molecule has 3 aliphatic rings. The first-order valence-corrected chi connectivity index (χ1v) is 13.3. The van der Waals surface area contributed by atoms with Gasteiger partial charge in [0.2, 0.25) is 5.91 Å². The van der Waals surface area contributed by atoms with Gasteiger partial charge in [-0.2, -0.15) is 5.10 Å². The molecule has 8 nitrogen and oxygen atoms in total. The topological polar surface area (TPSA) is 79.9 Å². The van der Waals surface area contributed by atoms with Crippen molar-refractivity contribution in [3.8, 4) is 11.5 Å². The van der Waals surface area contributed by atoms with E-state index in [1.807, 2.05) is 38.6 Å². The average molecular weight is 497 g/mol. The molecule has 1 aromatic carbocycles. The number of aryl methyl sites for hydroxylation is 1. The van der Waals surface area contributed by atoms with E-state index in [4.69, 9.17) is 14.2 Å². The highest BCUT2D eigenvalue weighted by Gasteiger charge is 2.52. The van der Waals surface area contributed by atoms with Crippen LogP contribution in [0.1, 0.15) is 56.8 Å². The molecule has 5 rings (SSSR count). The molecule has 8 heteroatoms. The van der Waals surface area contributed by atoms with Crippen LogP contribution in [-0.4, -0.2) is 77.9 Å². The lowest BCUT2D eigenvalue weighted by molar-refractivity contribution is -0.189. The van der Waals surface area contributed by atoms with Crippen LogP contribution in [0.25, 0.3) is 0 Å². The molecular weight excluding hydrogens is 456 g/mol. The number of rotatable bonds is 8. The van der Waals surface area contributed by atoms with Crippen molar-refractivity contribution in [2.45, 2.75) is 63.8 Å². The lowest BCUT2D eigenvalue weighted by Gasteiger charge is -2.53. The highest BCUT2D eigenvalue weighted by atomic mass is 16.5. The summed E-state index contributed by atoms with van der Waals surface area (Å²) in [6.07, 6.45) is 8.06. The third kappa shape index (κ3) is 5.25. The summed E-state index contributed by atoms with van der Waals surface area (Å²) in [5.74, 6) is 2.43. The molecule has 36 heavy (non-hydrogen) atoms. The molecule has 2 saturated heterocycles. The van der Waals surface area contributed by atoms with Crippen molar-refractivity contribution < 1.29 is 19.0 Å². The highest BCUT2D eigenvalue weighted by molar-refractivity contribution is 5.76. The Morgan fingerprint density at radius 2 is 2.19 bits per heavy atom. The smallest absolute Gasteiger partial charge is 0.222 e. The van der Waals surface area contributed by atoms with Crippen molar-refractivity contribution >= 4 is 5.91 Å².